The fourth-order valence-corrected chi connectivity index (χ4v) is 6.57. The first kappa shape index (κ1) is 30.1. The molecule has 0 unspecified atom stereocenters. The van der Waals surface area contributed by atoms with Crippen LogP contribution in [-0.2, 0) is 9.53 Å². The molecule has 0 N–H and O–H groups in total. The predicted octanol–water partition coefficient (Wildman–Crippen LogP) is 4.73. The molecule has 1 aliphatic rings. The first-order valence-corrected chi connectivity index (χ1v) is 14.9. The molecule has 0 saturated heterocycles. The van der Waals surface area contributed by atoms with Gasteiger partial charge >= 0.3 is 5.97 Å². The molecule has 2 heterocycles. The van der Waals surface area contributed by atoms with Crippen molar-refractivity contribution in [3.63, 3.8) is 0 Å². The second-order valence-electron chi connectivity index (χ2n) is 9.28. The van der Waals surface area contributed by atoms with Crippen LogP contribution in [0.15, 0.2) is 80.5 Å². The van der Waals surface area contributed by atoms with E-state index < -0.39 is 12.0 Å². The minimum absolute atomic E-state index is 0.154. The average Bonchev–Trinajstić information content (AvgIpc) is 3.33. The molecule has 11 heteroatoms. The number of esters is 1. The summed E-state index contributed by atoms with van der Waals surface area (Å²) < 4.78 is 30.1. The van der Waals surface area contributed by atoms with Crippen molar-refractivity contribution >= 4 is 45.0 Å². The first-order chi connectivity index (χ1) is 20.8. The van der Waals surface area contributed by atoms with Gasteiger partial charge in [0.15, 0.2) is 27.8 Å². The van der Waals surface area contributed by atoms with Crippen molar-refractivity contribution in [2.75, 3.05) is 35.0 Å². The molecule has 0 spiro atoms. The van der Waals surface area contributed by atoms with Crippen molar-refractivity contribution < 1.29 is 28.5 Å². The second kappa shape index (κ2) is 12.9. The van der Waals surface area contributed by atoms with Crippen LogP contribution >= 0.6 is 27.3 Å². The van der Waals surface area contributed by atoms with E-state index in [2.05, 4.69) is 15.9 Å². The van der Waals surface area contributed by atoms with Gasteiger partial charge in [0.1, 0.15) is 0 Å². The van der Waals surface area contributed by atoms with E-state index in [4.69, 9.17) is 28.7 Å². The van der Waals surface area contributed by atoms with Crippen LogP contribution in [0.5, 0.6) is 23.0 Å². The molecule has 1 atom stereocenters. The summed E-state index contributed by atoms with van der Waals surface area (Å²) in [5.41, 5.74) is 2.42. The number of hydrogen-bond donors (Lipinski definition) is 0. The molecule has 5 rings (SSSR count). The Labute approximate surface area is 260 Å². The summed E-state index contributed by atoms with van der Waals surface area (Å²) in [6.07, 6.45) is 1.76. The van der Waals surface area contributed by atoms with E-state index >= 15 is 0 Å². The molecule has 4 aromatic rings. The topological polar surface area (TPSA) is 97.6 Å². The Hall–Kier alpha value is -4.35. The summed E-state index contributed by atoms with van der Waals surface area (Å²) in [4.78, 5) is 33.2. The van der Waals surface area contributed by atoms with Crippen molar-refractivity contribution in [1.29, 1.82) is 0 Å². The number of fused-ring (bicyclic) bond motifs is 1. The second-order valence-corrected chi connectivity index (χ2v) is 11.1. The number of rotatable bonds is 9. The molecule has 9 nitrogen and oxygen atoms in total. The van der Waals surface area contributed by atoms with Crippen molar-refractivity contribution in [3.8, 4) is 23.0 Å². The fraction of sp³-hybridized carbons (Fsp3) is 0.219. The van der Waals surface area contributed by atoms with Gasteiger partial charge in [-0.3, -0.25) is 9.36 Å². The van der Waals surface area contributed by atoms with Crippen LogP contribution in [0.3, 0.4) is 0 Å². The smallest absolute Gasteiger partial charge is 0.338 e. The molecule has 0 aliphatic carbocycles. The zero-order chi connectivity index (χ0) is 30.7. The number of carbonyl (C=O) groups is 1. The van der Waals surface area contributed by atoms with E-state index in [1.54, 1.807) is 52.5 Å². The van der Waals surface area contributed by atoms with Gasteiger partial charge in [-0.15, -0.1) is 0 Å². The number of thiazole rings is 1. The number of nitrogens with zero attached hydrogens (tertiary/aromatic N) is 2. The van der Waals surface area contributed by atoms with Gasteiger partial charge in [0.05, 0.1) is 61.4 Å². The summed E-state index contributed by atoms with van der Waals surface area (Å²) in [6, 6.07) is 17.5. The zero-order valence-electron chi connectivity index (χ0n) is 24.2. The van der Waals surface area contributed by atoms with Crippen LogP contribution in [-0.4, -0.2) is 45.6 Å². The van der Waals surface area contributed by atoms with Crippen LogP contribution in [0, 0.1) is 0 Å². The van der Waals surface area contributed by atoms with E-state index in [1.165, 1.54) is 23.0 Å². The molecule has 0 fully saturated rings. The quantitative estimate of drug-likeness (QED) is 0.239. The van der Waals surface area contributed by atoms with E-state index in [1.807, 2.05) is 42.5 Å². The predicted molar refractivity (Wildman–Crippen MR) is 168 cm³/mol. The molecular formula is C32H29BrN2O7S. The molecule has 1 aliphatic heterocycles. The molecule has 0 amide bonds. The standard InChI is InChI=1S/C32H29BrN2O7S/c1-6-42-31(37)26-27(19-10-8-7-9-11-19)34-32-35(28(26)20-12-13-22(38-2)23(17-20)39-3)30(36)25(43-32)16-18-14-21(33)29(41-5)24(15-18)40-4/h7-17,28H,6H2,1-5H3/b25-16-/t28-/m0/s1. The number of ether oxygens (including phenoxy) is 5. The zero-order valence-corrected chi connectivity index (χ0v) is 26.6. The van der Waals surface area contributed by atoms with Crippen LogP contribution in [0.25, 0.3) is 11.8 Å². The maximum Gasteiger partial charge on any atom is 0.338 e. The Bertz CT molecular complexity index is 1900. The normalized spacial score (nSPS) is 14.6. The third-order valence-corrected chi connectivity index (χ3v) is 8.42. The monoisotopic (exact) mass is 664 g/mol. The number of hydrogen-bond acceptors (Lipinski definition) is 9. The third kappa shape index (κ3) is 5.70. The van der Waals surface area contributed by atoms with Crippen molar-refractivity contribution in [3.05, 3.63) is 107 Å². The molecule has 0 bridgehead atoms. The van der Waals surface area contributed by atoms with Gasteiger partial charge in [-0.25, -0.2) is 9.79 Å². The lowest BCUT2D eigenvalue weighted by atomic mass is 9.93. The molecule has 43 heavy (non-hydrogen) atoms. The molecular weight excluding hydrogens is 636 g/mol. The van der Waals surface area contributed by atoms with Gasteiger partial charge in [0, 0.05) is 5.56 Å². The number of carbonyl (C=O) groups excluding carboxylic acids is 1. The highest BCUT2D eigenvalue weighted by atomic mass is 79.9. The van der Waals surface area contributed by atoms with Gasteiger partial charge in [0.25, 0.3) is 5.56 Å². The van der Waals surface area contributed by atoms with E-state index in [-0.39, 0.29) is 17.7 Å². The highest BCUT2D eigenvalue weighted by molar-refractivity contribution is 9.10. The van der Waals surface area contributed by atoms with Gasteiger partial charge in [-0.05, 0) is 64.3 Å². The maximum atomic E-state index is 14.2. The minimum atomic E-state index is -0.857. The molecule has 1 aromatic heterocycles. The SMILES string of the molecule is CCOC(=O)C1=C(c2ccccc2)N=c2s/c(=C\c3cc(Br)c(OC)c(OC)c3)c(=O)n2[C@H]1c1ccc(OC)c(OC)c1. The lowest BCUT2D eigenvalue weighted by Gasteiger charge is -2.26. The largest absolute Gasteiger partial charge is 0.493 e. The number of halogens is 1. The summed E-state index contributed by atoms with van der Waals surface area (Å²) in [7, 11) is 6.18. The lowest BCUT2D eigenvalue weighted by molar-refractivity contribution is -0.138. The van der Waals surface area contributed by atoms with E-state index in [0.717, 1.165) is 5.56 Å². The van der Waals surface area contributed by atoms with E-state index in [9.17, 15) is 9.59 Å². The molecule has 0 radical (unpaired) electrons. The van der Waals surface area contributed by atoms with Crippen LogP contribution in [0.4, 0.5) is 0 Å². The van der Waals surface area contributed by atoms with Crippen LogP contribution in [0.2, 0.25) is 0 Å². The van der Waals surface area contributed by atoms with Gasteiger partial charge in [-0.1, -0.05) is 47.7 Å². The van der Waals surface area contributed by atoms with Gasteiger partial charge < -0.3 is 23.7 Å². The molecule has 0 saturated carbocycles. The first-order valence-electron chi connectivity index (χ1n) is 13.3. The summed E-state index contributed by atoms with van der Waals surface area (Å²) in [5, 5.41) is 0. The molecule has 222 valence electrons. The van der Waals surface area contributed by atoms with Crippen molar-refractivity contribution in [2.45, 2.75) is 13.0 Å². The Kier molecular flexibility index (Phi) is 9.02. The summed E-state index contributed by atoms with van der Waals surface area (Å²) in [5.74, 6) is 1.46. The number of aromatic nitrogens is 1. The Balaban J connectivity index is 1.83. The number of benzene rings is 3. The van der Waals surface area contributed by atoms with E-state index in [0.29, 0.717) is 53.6 Å². The number of methoxy groups -OCH3 is 4. The molecule has 3 aromatic carbocycles. The summed E-state index contributed by atoms with van der Waals surface area (Å²) in [6.45, 7) is 1.89. The summed E-state index contributed by atoms with van der Waals surface area (Å²) >= 11 is 4.75. The Morgan fingerprint density at radius 2 is 1.67 bits per heavy atom. The average molecular weight is 666 g/mol. The van der Waals surface area contributed by atoms with Gasteiger partial charge in [0.2, 0.25) is 0 Å². The third-order valence-electron chi connectivity index (χ3n) is 6.85. The lowest BCUT2D eigenvalue weighted by Crippen LogP contribution is -2.40. The maximum absolute atomic E-state index is 14.2. The highest BCUT2D eigenvalue weighted by Crippen LogP contribution is 2.39. The fourth-order valence-electron chi connectivity index (χ4n) is 4.95. The highest BCUT2D eigenvalue weighted by Gasteiger charge is 2.35. The minimum Gasteiger partial charge on any atom is -0.493 e. The van der Waals surface area contributed by atoms with Crippen LogP contribution < -0.4 is 33.8 Å². The van der Waals surface area contributed by atoms with Crippen molar-refractivity contribution in [2.24, 2.45) is 4.99 Å². The van der Waals surface area contributed by atoms with Crippen molar-refractivity contribution in [1.82, 2.24) is 4.57 Å². The van der Waals surface area contributed by atoms with Crippen LogP contribution in [0.1, 0.15) is 29.7 Å². The Morgan fingerprint density at radius 1 is 0.953 bits per heavy atom. The van der Waals surface area contributed by atoms with Gasteiger partial charge in [-0.2, -0.15) is 0 Å². The Morgan fingerprint density at radius 3 is 2.33 bits per heavy atom.